The van der Waals surface area contributed by atoms with Gasteiger partial charge in [0.2, 0.25) is 0 Å². The Hall–Kier alpha value is -3.72. The zero-order valence-corrected chi connectivity index (χ0v) is 15.3. The van der Waals surface area contributed by atoms with Crippen LogP contribution in [0.25, 0.3) is 17.8 Å². The molecule has 28 heavy (non-hydrogen) atoms. The molecule has 3 heteroatoms. The third-order valence-corrected chi connectivity index (χ3v) is 4.61. The van der Waals surface area contributed by atoms with Gasteiger partial charge in [-0.1, -0.05) is 67.8 Å². The molecule has 1 aliphatic heterocycles. The van der Waals surface area contributed by atoms with Crippen LogP contribution in [0.4, 0.5) is 15.8 Å². The summed E-state index contributed by atoms with van der Waals surface area (Å²) in [4.78, 5) is 6.86. The number of benzene rings is 3. The Morgan fingerprint density at radius 3 is 2.43 bits per heavy atom. The van der Waals surface area contributed by atoms with Crippen LogP contribution in [0, 0.1) is 5.82 Å². The first-order valence-electron chi connectivity index (χ1n) is 8.99. The van der Waals surface area contributed by atoms with Gasteiger partial charge in [0.25, 0.3) is 0 Å². The van der Waals surface area contributed by atoms with Crippen LogP contribution in [0.15, 0.2) is 97.0 Å². The maximum atomic E-state index is 13.2. The Labute approximate surface area is 164 Å². The van der Waals surface area contributed by atoms with Crippen LogP contribution in [0.1, 0.15) is 16.7 Å². The lowest BCUT2D eigenvalue weighted by atomic mass is 10.0. The molecule has 0 aromatic heterocycles. The molecule has 0 saturated heterocycles. The SMILES string of the molecule is C=Cc1cccc(N2C(=C)c3ccccc3N=C2/C=C/c2ccc(F)cc2)c1. The predicted molar refractivity (Wildman–Crippen MR) is 117 cm³/mol. The van der Waals surface area contributed by atoms with Gasteiger partial charge in [-0.15, -0.1) is 0 Å². The van der Waals surface area contributed by atoms with Gasteiger partial charge in [-0.2, -0.15) is 0 Å². The van der Waals surface area contributed by atoms with Crippen LogP contribution in [0.5, 0.6) is 0 Å². The Kier molecular flexibility index (Phi) is 4.73. The molecule has 4 rings (SSSR count). The lowest BCUT2D eigenvalue weighted by Gasteiger charge is -2.31. The minimum atomic E-state index is -0.252. The van der Waals surface area contributed by atoms with Crippen LogP contribution >= 0.6 is 0 Å². The smallest absolute Gasteiger partial charge is 0.138 e. The number of para-hydroxylation sites is 1. The number of anilines is 1. The van der Waals surface area contributed by atoms with E-state index in [0.29, 0.717) is 0 Å². The average Bonchev–Trinajstić information content (AvgIpc) is 2.73. The van der Waals surface area contributed by atoms with E-state index in [-0.39, 0.29) is 5.82 Å². The number of hydrogen-bond acceptors (Lipinski definition) is 2. The van der Waals surface area contributed by atoms with Crippen molar-refractivity contribution < 1.29 is 4.39 Å². The molecule has 0 fully saturated rings. The average molecular weight is 366 g/mol. The van der Waals surface area contributed by atoms with E-state index in [1.54, 1.807) is 12.1 Å². The van der Waals surface area contributed by atoms with Crippen LogP contribution in [-0.2, 0) is 0 Å². The number of rotatable bonds is 4. The maximum absolute atomic E-state index is 13.2. The zero-order valence-electron chi connectivity index (χ0n) is 15.3. The molecule has 1 aliphatic rings. The van der Waals surface area contributed by atoms with Gasteiger partial charge >= 0.3 is 0 Å². The molecule has 136 valence electrons. The fourth-order valence-electron chi connectivity index (χ4n) is 3.18. The highest BCUT2D eigenvalue weighted by Gasteiger charge is 2.23. The van der Waals surface area contributed by atoms with Gasteiger partial charge in [-0.05, 0) is 47.5 Å². The predicted octanol–water partition coefficient (Wildman–Crippen LogP) is 6.70. The second-order valence-electron chi connectivity index (χ2n) is 6.45. The second-order valence-corrected chi connectivity index (χ2v) is 6.45. The van der Waals surface area contributed by atoms with Crippen molar-refractivity contribution in [3.05, 3.63) is 115 Å². The first-order valence-corrected chi connectivity index (χ1v) is 8.99. The summed E-state index contributed by atoms with van der Waals surface area (Å²) >= 11 is 0. The Balaban J connectivity index is 1.80. The summed E-state index contributed by atoms with van der Waals surface area (Å²) < 4.78 is 13.2. The highest BCUT2D eigenvalue weighted by Crippen LogP contribution is 2.36. The van der Waals surface area contributed by atoms with Gasteiger partial charge in [0.15, 0.2) is 0 Å². The molecular formula is C25H19FN2. The Morgan fingerprint density at radius 1 is 0.857 bits per heavy atom. The van der Waals surface area contributed by atoms with Crippen molar-refractivity contribution in [2.24, 2.45) is 4.99 Å². The number of aliphatic imine (C=N–C) groups is 1. The number of nitrogens with zero attached hydrogens (tertiary/aromatic N) is 2. The van der Waals surface area contributed by atoms with Crippen LogP contribution in [0.2, 0.25) is 0 Å². The number of halogens is 1. The van der Waals surface area contributed by atoms with E-state index in [0.717, 1.165) is 39.6 Å². The van der Waals surface area contributed by atoms with Gasteiger partial charge in [0.05, 0.1) is 5.69 Å². The van der Waals surface area contributed by atoms with Crippen LogP contribution in [0.3, 0.4) is 0 Å². The minimum absolute atomic E-state index is 0.252. The lowest BCUT2D eigenvalue weighted by Crippen LogP contribution is -2.29. The summed E-state index contributed by atoms with van der Waals surface area (Å²) in [5.74, 6) is 0.492. The number of amidine groups is 1. The third kappa shape index (κ3) is 3.42. The molecule has 0 saturated carbocycles. The first kappa shape index (κ1) is 17.7. The lowest BCUT2D eigenvalue weighted by molar-refractivity contribution is 0.628. The van der Waals surface area contributed by atoms with Gasteiger partial charge in [0.1, 0.15) is 11.7 Å². The van der Waals surface area contributed by atoms with Gasteiger partial charge in [-0.25, -0.2) is 9.38 Å². The summed E-state index contributed by atoms with van der Waals surface area (Å²) in [6.45, 7) is 8.18. The van der Waals surface area contributed by atoms with Crippen molar-refractivity contribution in [2.45, 2.75) is 0 Å². The molecule has 0 bridgehead atoms. The topological polar surface area (TPSA) is 15.6 Å². The molecule has 0 amide bonds. The van der Waals surface area contributed by atoms with Crippen molar-refractivity contribution in [2.75, 3.05) is 4.90 Å². The number of hydrogen-bond donors (Lipinski definition) is 0. The largest absolute Gasteiger partial charge is 0.295 e. The molecule has 1 heterocycles. The van der Waals surface area contributed by atoms with Crippen molar-refractivity contribution in [3.8, 4) is 0 Å². The van der Waals surface area contributed by atoms with Crippen molar-refractivity contribution >= 4 is 35.1 Å². The summed E-state index contributed by atoms with van der Waals surface area (Å²) in [7, 11) is 0. The van der Waals surface area contributed by atoms with Crippen molar-refractivity contribution in [3.63, 3.8) is 0 Å². The fourth-order valence-corrected chi connectivity index (χ4v) is 3.18. The minimum Gasteiger partial charge on any atom is -0.295 e. The highest BCUT2D eigenvalue weighted by atomic mass is 19.1. The molecule has 3 aromatic carbocycles. The molecule has 0 atom stereocenters. The number of fused-ring (bicyclic) bond motifs is 1. The monoisotopic (exact) mass is 366 g/mol. The van der Waals surface area contributed by atoms with Gasteiger partial charge in [0, 0.05) is 16.9 Å². The van der Waals surface area contributed by atoms with Gasteiger partial charge < -0.3 is 0 Å². The van der Waals surface area contributed by atoms with Crippen molar-refractivity contribution in [1.82, 2.24) is 0 Å². The first-order chi connectivity index (χ1) is 13.7. The van der Waals surface area contributed by atoms with E-state index in [9.17, 15) is 4.39 Å². The summed E-state index contributed by atoms with van der Waals surface area (Å²) in [5, 5.41) is 0. The van der Waals surface area contributed by atoms with E-state index in [1.807, 2.05) is 71.7 Å². The molecule has 2 nitrogen and oxygen atoms in total. The molecule has 0 N–H and O–H groups in total. The maximum Gasteiger partial charge on any atom is 0.138 e. The van der Waals surface area contributed by atoms with E-state index in [1.165, 1.54) is 12.1 Å². The molecule has 0 spiro atoms. The van der Waals surface area contributed by atoms with Crippen LogP contribution < -0.4 is 4.90 Å². The molecular weight excluding hydrogens is 347 g/mol. The normalized spacial score (nSPS) is 13.4. The van der Waals surface area contributed by atoms with E-state index < -0.39 is 0 Å². The Morgan fingerprint density at radius 2 is 1.64 bits per heavy atom. The zero-order chi connectivity index (χ0) is 19.5. The fraction of sp³-hybridized carbons (Fsp3) is 0. The Bertz CT molecular complexity index is 1110. The van der Waals surface area contributed by atoms with E-state index in [2.05, 4.69) is 13.2 Å². The molecule has 3 aromatic rings. The molecule has 0 radical (unpaired) electrons. The van der Waals surface area contributed by atoms with E-state index >= 15 is 0 Å². The standard InChI is InChI=1S/C25H19FN2/c1-3-19-7-6-8-22(17-19)28-18(2)23-9-4-5-10-24(23)27-25(28)16-13-20-11-14-21(26)15-12-20/h3-17H,1-2H2/b16-13+. The quantitative estimate of drug-likeness (QED) is 0.501. The van der Waals surface area contributed by atoms with Crippen LogP contribution in [-0.4, -0.2) is 5.84 Å². The van der Waals surface area contributed by atoms with E-state index in [4.69, 9.17) is 4.99 Å². The molecule has 0 aliphatic carbocycles. The summed E-state index contributed by atoms with van der Waals surface area (Å²) in [5.41, 5.74) is 5.59. The summed E-state index contributed by atoms with van der Waals surface area (Å²) in [6.07, 6.45) is 5.66. The van der Waals surface area contributed by atoms with Gasteiger partial charge in [-0.3, -0.25) is 4.90 Å². The third-order valence-electron chi connectivity index (χ3n) is 4.61. The highest BCUT2D eigenvalue weighted by molar-refractivity contribution is 6.19. The molecule has 0 unspecified atom stereocenters. The van der Waals surface area contributed by atoms with Crippen molar-refractivity contribution in [1.29, 1.82) is 0 Å². The second kappa shape index (κ2) is 7.49. The summed E-state index contributed by atoms with van der Waals surface area (Å²) in [6, 6.07) is 22.4.